The van der Waals surface area contributed by atoms with Gasteiger partial charge in [-0.15, -0.1) is 5.10 Å². The lowest BCUT2D eigenvalue weighted by Crippen LogP contribution is -2.37. The van der Waals surface area contributed by atoms with E-state index in [1.54, 1.807) is 0 Å². The van der Waals surface area contributed by atoms with E-state index >= 15 is 0 Å². The zero-order chi connectivity index (χ0) is 23.5. The van der Waals surface area contributed by atoms with Crippen LogP contribution >= 0.6 is 0 Å². The van der Waals surface area contributed by atoms with E-state index in [1.807, 2.05) is 16.8 Å². The maximum atomic E-state index is 13.0. The molecule has 178 valence electrons. The quantitative estimate of drug-likeness (QED) is 0.512. The van der Waals surface area contributed by atoms with Gasteiger partial charge in [-0.05, 0) is 84.2 Å². The van der Waals surface area contributed by atoms with Crippen molar-refractivity contribution in [2.45, 2.75) is 78.4 Å². The van der Waals surface area contributed by atoms with Gasteiger partial charge in [0.05, 0.1) is 12.1 Å². The van der Waals surface area contributed by atoms with Crippen molar-refractivity contribution in [1.82, 2.24) is 30.1 Å². The lowest BCUT2D eigenvalue weighted by molar-refractivity contribution is 0.120. The Labute approximate surface area is 195 Å². The molecule has 1 atom stereocenters. The van der Waals surface area contributed by atoms with Gasteiger partial charge in [0.15, 0.2) is 5.82 Å². The van der Waals surface area contributed by atoms with Crippen LogP contribution in [0.1, 0.15) is 80.6 Å². The van der Waals surface area contributed by atoms with Crippen LogP contribution in [0.3, 0.4) is 0 Å². The molecule has 8 nitrogen and oxygen atoms in total. The van der Waals surface area contributed by atoms with Gasteiger partial charge in [-0.3, -0.25) is 9.69 Å². The van der Waals surface area contributed by atoms with Crippen LogP contribution in [-0.2, 0) is 6.54 Å². The number of aromatic nitrogens is 5. The average molecular weight is 453 g/mol. The molecule has 33 heavy (non-hydrogen) atoms. The Morgan fingerprint density at radius 1 is 1.18 bits per heavy atom. The Hall–Kier alpha value is -2.58. The van der Waals surface area contributed by atoms with Gasteiger partial charge in [0, 0.05) is 30.8 Å². The van der Waals surface area contributed by atoms with Gasteiger partial charge in [0.1, 0.15) is 0 Å². The third kappa shape index (κ3) is 5.01. The standard InChI is InChI=1S/C25H36N6O2/c1-16(2)23(24-27-28-29-31(24)21-8-5-6-9-21)30(10-7-11-32)15-20-14-19-12-17(3)18(4)13-22(19)26-25(20)33/h12-14,16,21,23,32H,5-11,15H2,1-4H3,(H,26,33)/t23-/m0/s1. The Morgan fingerprint density at radius 3 is 2.61 bits per heavy atom. The minimum atomic E-state index is -0.0716. The normalized spacial score (nSPS) is 15.8. The third-order valence-electron chi connectivity index (χ3n) is 6.99. The fraction of sp³-hybridized carbons (Fsp3) is 0.600. The summed E-state index contributed by atoms with van der Waals surface area (Å²) in [6.07, 6.45) is 5.23. The van der Waals surface area contributed by atoms with Crippen molar-refractivity contribution < 1.29 is 5.11 Å². The first-order valence-corrected chi connectivity index (χ1v) is 12.1. The number of pyridine rings is 1. The highest BCUT2D eigenvalue weighted by atomic mass is 16.3. The topological polar surface area (TPSA) is 99.9 Å². The number of aromatic amines is 1. The van der Waals surface area contributed by atoms with E-state index in [4.69, 9.17) is 0 Å². The molecular formula is C25H36N6O2. The minimum absolute atomic E-state index is 0.0537. The van der Waals surface area contributed by atoms with Crippen LogP contribution in [0.5, 0.6) is 0 Å². The summed E-state index contributed by atoms with van der Waals surface area (Å²) in [5, 5.41) is 23.5. The number of nitrogens with one attached hydrogen (secondary N) is 1. The Bertz CT molecular complexity index is 1150. The maximum Gasteiger partial charge on any atom is 0.252 e. The van der Waals surface area contributed by atoms with E-state index in [0.29, 0.717) is 31.1 Å². The predicted molar refractivity (Wildman–Crippen MR) is 129 cm³/mol. The highest BCUT2D eigenvalue weighted by molar-refractivity contribution is 5.80. The summed E-state index contributed by atoms with van der Waals surface area (Å²) in [6, 6.07) is 6.45. The number of benzene rings is 1. The molecule has 3 aromatic rings. The Kier molecular flexibility index (Phi) is 7.24. The zero-order valence-corrected chi connectivity index (χ0v) is 20.2. The molecule has 8 heteroatoms. The van der Waals surface area contributed by atoms with Gasteiger partial charge in [-0.2, -0.15) is 0 Å². The van der Waals surface area contributed by atoms with Crippen LogP contribution in [0.25, 0.3) is 10.9 Å². The fourth-order valence-corrected chi connectivity index (χ4v) is 5.14. The summed E-state index contributed by atoms with van der Waals surface area (Å²) < 4.78 is 2.01. The maximum absolute atomic E-state index is 13.0. The number of hydrogen-bond acceptors (Lipinski definition) is 6. The molecule has 2 aromatic heterocycles. The van der Waals surface area contributed by atoms with Crippen molar-refractivity contribution in [3.63, 3.8) is 0 Å². The first kappa shape index (κ1) is 23.6. The Morgan fingerprint density at radius 2 is 1.91 bits per heavy atom. The lowest BCUT2D eigenvalue weighted by Gasteiger charge is -2.34. The molecular weight excluding hydrogens is 416 g/mol. The van der Waals surface area contributed by atoms with E-state index in [-0.39, 0.29) is 24.1 Å². The summed E-state index contributed by atoms with van der Waals surface area (Å²) >= 11 is 0. The van der Waals surface area contributed by atoms with Crippen molar-refractivity contribution >= 4 is 10.9 Å². The van der Waals surface area contributed by atoms with Gasteiger partial charge in [0.25, 0.3) is 5.56 Å². The molecule has 0 spiro atoms. The number of aliphatic hydroxyl groups is 1. The summed E-state index contributed by atoms with van der Waals surface area (Å²) in [6.45, 7) is 9.70. The highest BCUT2D eigenvalue weighted by Gasteiger charge is 2.32. The molecule has 0 bridgehead atoms. The molecule has 0 unspecified atom stereocenters. The molecule has 0 radical (unpaired) electrons. The number of aliphatic hydroxyl groups excluding tert-OH is 1. The van der Waals surface area contributed by atoms with E-state index in [2.05, 4.69) is 59.2 Å². The van der Waals surface area contributed by atoms with Crippen LogP contribution in [-0.4, -0.2) is 48.3 Å². The fourth-order valence-electron chi connectivity index (χ4n) is 5.14. The second-order valence-corrected chi connectivity index (χ2v) is 9.80. The zero-order valence-electron chi connectivity index (χ0n) is 20.2. The smallest absolute Gasteiger partial charge is 0.252 e. The van der Waals surface area contributed by atoms with Crippen LogP contribution in [0, 0.1) is 19.8 Å². The van der Waals surface area contributed by atoms with Crippen molar-refractivity contribution in [1.29, 1.82) is 0 Å². The molecule has 1 aliphatic carbocycles. The molecule has 2 heterocycles. The Balaban J connectivity index is 1.71. The van der Waals surface area contributed by atoms with Crippen LogP contribution < -0.4 is 5.56 Å². The predicted octanol–water partition coefficient (Wildman–Crippen LogP) is 3.83. The molecule has 4 rings (SSSR count). The number of rotatable bonds is 9. The van der Waals surface area contributed by atoms with Crippen LogP contribution in [0.2, 0.25) is 0 Å². The first-order valence-electron chi connectivity index (χ1n) is 12.1. The molecule has 1 aliphatic rings. The summed E-state index contributed by atoms with van der Waals surface area (Å²) in [5.41, 5.74) is 3.87. The lowest BCUT2D eigenvalue weighted by atomic mass is 9.99. The van der Waals surface area contributed by atoms with E-state index < -0.39 is 0 Å². The van der Waals surface area contributed by atoms with Crippen molar-refractivity contribution in [2.75, 3.05) is 13.2 Å². The monoisotopic (exact) mass is 452 g/mol. The minimum Gasteiger partial charge on any atom is -0.396 e. The van der Waals surface area contributed by atoms with Crippen molar-refractivity contribution in [3.05, 3.63) is 51.1 Å². The molecule has 2 N–H and O–H groups in total. The average Bonchev–Trinajstić information content (AvgIpc) is 3.45. The summed E-state index contributed by atoms with van der Waals surface area (Å²) in [5.74, 6) is 1.10. The first-order chi connectivity index (χ1) is 15.9. The molecule has 1 saturated carbocycles. The number of tetrazole rings is 1. The van der Waals surface area contributed by atoms with E-state index in [0.717, 1.165) is 35.1 Å². The SMILES string of the molecule is Cc1cc2cc(CN(CCCO)[C@H](c3nnnn3C3CCCC3)C(C)C)c(=O)[nH]c2cc1C. The van der Waals surface area contributed by atoms with Gasteiger partial charge >= 0.3 is 0 Å². The van der Waals surface area contributed by atoms with Gasteiger partial charge < -0.3 is 10.1 Å². The van der Waals surface area contributed by atoms with Gasteiger partial charge in [0.2, 0.25) is 0 Å². The molecule has 0 amide bonds. The number of fused-ring (bicyclic) bond motifs is 1. The molecule has 1 aromatic carbocycles. The second kappa shape index (κ2) is 10.1. The number of hydrogen-bond donors (Lipinski definition) is 2. The molecule has 0 saturated heterocycles. The number of nitrogens with zero attached hydrogens (tertiary/aromatic N) is 5. The van der Waals surface area contributed by atoms with Crippen molar-refractivity contribution in [2.24, 2.45) is 5.92 Å². The largest absolute Gasteiger partial charge is 0.396 e. The van der Waals surface area contributed by atoms with Gasteiger partial charge in [-0.25, -0.2) is 4.68 Å². The second-order valence-electron chi connectivity index (χ2n) is 9.80. The van der Waals surface area contributed by atoms with E-state index in [1.165, 1.54) is 18.4 Å². The van der Waals surface area contributed by atoms with Gasteiger partial charge in [-0.1, -0.05) is 26.7 Å². The van der Waals surface area contributed by atoms with Crippen LogP contribution in [0.4, 0.5) is 0 Å². The summed E-state index contributed by atoms with van der Waals surface area (Å²) in [4.78, 5) is 18.3. The third-order valence-corrected chi connectivity index (χ3v) is 6.99. The summed E-state index contributed by atoms with van der Waals surface area (Å²) in [7, 11) is 0. The number of aryl methyl sites for hydroxylation is 2. The number of H-pyrrole nitrogens is 1. The molecule has 0 aliphatic heterocycles. The molecule has 1 fully saturated rings. The van der Waals surface area contributed by atoms with Crippen LogP contribution in [0.15, 0.2) is 23.0 Å². The van der Waals surface area contributed by atoms with E-state index in [9.17, 15) is 9.90 Å². The van der Waals surface area contributed by atoms with Crippen molar-refractivity contribution in [3.8, 4) is 0 Å². The highest BCUT2D eigenvalue weighted by Crippen LogP contribution is 2.34.